The Kier molecular flexibility index (Phi) is 10.3. The minimum atomic E-state index is -0.467. The third-order valence-corrected chi connectivity index (χ3v) is 8.03. The van der Waals surface area contributed by atoms with Crippen LogP contribution in [0.5, 0.6) is 0 Å². The lowest BCUT2D eigenvalue weighted by molar-refractivity contribution is -0.385. The fraction of sp³-hybridized carbons (Fsp3) is 0.455. The molecule has 0 spiro atoms. The summed E-state index contributed by atoms with van der Waals surface area (Å²) in [6.45, 7) is 7.37. The molecule has 0 N–H and O–H groups in total. The summed E-state index contributed by atoms with van der Waals surface area (Å²) < 4.78 is 2.19. The first kappa shape index (κ1) is 30.0. The van der Waals surface area contributed by atoms with Crippen LogP contribution in [-0.2, 0) is 17.9 Å². The van der Waals surface area contributed by atoms with Gasteiger partial charge in [0.05, 0.1) is 11.5 Å². The standard InChI is InChI=1S/C33H42N4O4/c1-25(2)18-20-35(33(39)28-17-16-26(3)31(21-28)37(40)41)24-32(38)36(29-13-8-5-9-14-29)23-30-15-10-19-34(30)22-27-11-6-4-7-12-27/h4,6-7,10-12,15-17,19,21,25,29H,5,8-9,13-14,18,20,22-24H2,1-3H3. The molecule has 1 fully saturated rings. The van der Waals surface area contributed by atoms with E-state index in [-0.39, 0.29) is 35.7 Å². The first-order chi connectivity index (χ1) is 19.7. The SMILES string of the molecule is Cc1ccc(C(=O)N(CCC(C)C)CC(=O)N(Cc2cccn2Cc2ccccc2)C2CCCCC2)cc1[N+](=O)[O-]. The van der Waals surface area contributed by atoms with Gasteiger partial charge >= 0.3 is 0 Å². The summed E-state index contributed by atoms with van der Waals surface area (Å²) in [5.41, 5.74) is 2.90. The second-order valence-electron chi connectivity index (χ2n) is 11.6. The molecule has 1 aliphatic carbocycles. The van der Waals surface area contributed by atoms with Gasteiger partial charge in [0.2, 0.25) is 5.91 Å². The highest BCUT2D eigenvalue weighted by atomic mass is 16.6. The van der Waals surface area contributed by atoms with Crippen molar-refractivity contribution in [3.05, 3.63) is 99.4 Å². The van der Waals surface area contributed by atoms with E-state index >= 15 is 0 Å². The van der Waals surface area contributed by atoms with Crippen LogP contribution in [0.1, 0.15) is 79.6 Å². The van der Waals surface area contributed by atoms with Gasteiger partial charge in [0.25, 0.3) is 11.6 Å². The Morgan fingerprint density at radius 2 is 1.76 bits per heavy atom. The first-order valence-electron chi connectivity index (χ1n) is 14.7. The number of hydrogen-bond donors (Lipinski definition) is 0. The van der Waals surface area contributed by atoms with Gasteiger partial charge in [-0.2, -0.15) is 0 Å². The van der Waals surface area contributed by atoms with E-state index in [4.69, 9.17) is 0 Å². The number of carbonyl (C=O) groups is 2. The maximum Gasteiger partial charge on any atom is 0.273 e. The van der Waals surface area contributed by atoms with Gasteiger partial charge in [-0.1, -0.05) is 69.5 Å². The lowest BCUT2D eigenvalue weighted by atomic mass is 9.94. The van der Waals surface area contributed by atoms with Gasteiger partial charge in [0, 0.05) is 48.2 Å². The quantitative estimate of drug-likeness (QED) is 0.185. The summed E-state index contributed by atoms with van der Waals surface area (Å²) in [4.78, 5) is 42.4. The van der Waals surface area contributed by atoms with Gasteiger partial charge in [-0.05, 0) is 55.9 Å². The van der Waals surface area contributed by atoms with Crippen molar-refractivity contribution >= 4 is 17.5 Å². The summed E-state index contributed by atoms with van der Waals surface area (Å²) in [6.07, 6.45) is 8.04. The van der Waals surface area contributed by atoms with Crippen LogP contribution in [0.25, 0.3) is 0 Å². The van der Waals surface area contributed by atoms with Crippen molar-refractivity contribution in [3.63, 3.8) is 0 Å². The van der Waals surface area contributed by atoms with Gasteiger partial charge in [-0.25, -0.2) is 0 Å². The molecule has 0 saturated heterocycles. The van der Waals surface area contributed by atoms with Crippen LogP contribution in [0.4, 0.5) is 5.69 Å². The molecule has 0 bridgehead atoms. The minimum Gasteiger partial charge on any atom is -0.345 e. The van der Waals surface area contributed by atoms with Gasteiger partial charge in [0.15, 0.2) is 0 Å². The summed E-state index contributed by atoms with van der Waals surface area (Å²) in [6, 6.07) is 19.0. The lowest BCUT2D eigenvalue weighted by Crippen LogP contribution is -2.48. The Bertz CT molecular complexity index is 1330. The Labute approximate surface area is 243 Å². The van der Waals surface area contributed by atoms with Crippen LogP contribution < -0.4 is 0 Å². The van der Waals surface area contributed by atoms with Crippen molar-refractivity contribution in [2.24, 2.45) is 5.92 Å². The molecule has 3 aromatic rings. The van der Waals surface area contributed by atoms with Gasteiger partial charge in [-0.15, -0.1) is 0 Å². The Balaban J connectivity index is 1.58. The number of benzene rings is 2. The monoisotopic (exact) mass is 558 g/mol. The van der Waals surface area contributed by atoms with Crippen LogP contribution in [-0.4, -0.2) is 50.2 Å². The number of rotatable bonds is 12. The number of amides is 2. The minimum absolute atomic E-state index is 0.0525. The van der Waals surface area contributed by atoms with Crippen molar-refractivity contribution in [1.82, 2.24) is 14.4 Å². The number of carbonyl (C=O) groups excluding carboxylic acids is 2. The van der Waals surface area contributed by atoms with E-state index in [1.54, 1.807) is 24.0 Å². The van der Waals surface area contributed by atoms with E-state index in [0.29, 0.717) is 24.6 Å². The van der Waals surface area contributed by atoms with Crippen molar-refractivity contribution in [3.8, 4) is 0 Å². The summed E-state index contributed by atoms with van der Waals surface area (Å²) in [5.74, 6) is -0.0929. The largest absolute Gasteiger partial charge is 0.345 e. The molecule has 0 unspecified atom stereocenters. The van der Waals surface area contributed by atoms with E-state index < -0.39 is 4.92 Å². The van der Waals surface area contributed by atoms with Crippen molar-refractivity contribution in [1.29, 1.82) is 0 Å². The van der Waals surface area contributed by atoms with E-state index in [2.05, 4.69) is 42.8 Å². The summed E-state index contributed by atoms with van der Waals surface area (Å²) in [5, 5.41) is 11.5. The smallest absolute Gasteiger partial charge is 0.273 e. The molecule has 0 atom stereocenters. The van der Waals surface area contributed by atoms with Crippen LogP contribution in [0, 0.1) is 23.0 Å². The van der Waals surface area contributed by atoms with E-state index in [1.165, 1.54) is 18.1 Å². The van der Waals surface area contributed by atoms with E-state index in [1.807, 2.05) is 29.2 Å². The molecule has 41 heavy (non-hydrogen) atoms. The number of nitro groups is 1. The molecule has 2 aromatic carbocycles. The molecule has 1 heterocycles. The maximum absolute atomic E-state index is 14.1. The average molecular weight is 559 g/mol. The molecule has 1 aliphatic rings. The molecule has 4 rings (SSSR count). The Morgan fingerprint density at radius 1 is 1.02 bits per heavy atom. The maximum atomic E-state index is 14.1. The fourth-order valence-corrected chi connectivity index (χ4v) is 5.56. The highest BCUT2D eigenvalue weighted by Gasteiger charge is 2.30. The molecular formula is C33H42N4O4. The predicted molar refractivity (Wildman–Crippen MR) is 161 cm³/mol. The Hall–Kier alpha value is -3.94. The second kappa shape index (κ2) is 14.1. The topological polar surface area (TPSA) is 88.7 Å². The van der Waals surface area contributed by atoms with Gasteiger partial charge in [-0.3, -0.25) is 19.7 Å². The van der Waals surface area contributed by atoms with Gasteiger partial charge < -0.3 is 14.4 Å². The van der Waals surface area contributed by atoms with Crippen molar-refractivity contribution in [2.75, 3.05) is 13.1 Å². The fourth-order valence-electron chi connectivity index (χ4n) is 5.56. The highest BCUT2D eigenvalue weighted by Crippen LogP contribution is 2.26. The normalized spacial score (nSPS) is 13.8. The number of aromatic nitrogens is 1. The number of nitro benzene ring substituents is 1. The zero-order chi connectivity index (χ0) is 29.4. The summed E-state index contributed by atoms with van der Waals surface area (Å²) in [7, 11) is 0. The van der Waals surface area contributed by atoms with Crippen LogP contribution in [0.15, 0.2) is 66.9 Å². The molecule has 0 radical (unpaired) electrons. The third kappa shape index (κ3) is 8.06. The molecule has 8 nitrogen and oxygen atoms in total. The number of hydrogen-bond acceptors (Lipinski definition) is 4. The van der Waals surface area contributed by atoms with E-state index in [9.17, 15) is 19.7 Å². The van der Waals surface area contributed by atoms with Crippen molar-refractivity contribution < 1.29 is 14.5 Å². The molecule has 0 aliphatic heterocycles. The Morgan fingerprint density at radius 3 is 2.44 bits per heavy atom. The molecular weight excluding hydrogens is 516 g/mol. The van der Waals surface area contributed by atoms with Crippen LogP contribution in [0.3, 0.4) is 0 Å². The second-order valence-corrected chi connectivity index (χ2v) is 11.6. The predicted octanol–water partition coefficient (Wildman–Crippen LogP) is 6.60. The zero-order valence-electron chi connectivity index (χ0n) is 24.5. The molecule has 8 heteroatoms. The van der Waals surface area contributed by atoms with E-state index in [0.717, 1.165) is 44.3 Å². The number of aryl methyl sites for hydroxylation is 1. The van der Waals surface area contributed by atoms with Gasteiger partial charge in [0.1, 0.15) is 6.54 Å². The molecule has 2 amide bonds. The van der Waals surface area contributed by atoms with Crippen LogP contribution >= 0.6 is 0 Å². The van der Waals surface area contributed by atoms with Crippen molar-refractivity contribution in [2.45, 2.75) is 78.4 Å². The number of nitrogens with zero attached hydrogens (tertiary/aromatic N) is 4. The van der Waals surface area contributed by atoms with Crippen LogP contribution in [0.2, 0.25) is 0 Å². The first-order valence-corrected chi connectivity index (χ1v) is 14.7. The summed E-state index contributed by atoms with van der Waals surface area (Å²) >= 11 is 0. The third-order valence-electron chi connectivity index (χ3n) is 8.03. The molecule has 218 valence electrons. The molecule has 1 aromatic heterocycles. The average Bonchev–Trinajstić information content (AvgIpc) is 3.40. The lowest BCUT2D eigenvalue weighted by Gasteiger charge is -2.36. The zero-order valence-corrected chi connectivity index (χ0v) is 24.5. The highest BCUT2D eigenvalue weighted by molar-refractivity contribution is 5.97. The molecule has 1 saturated carbocycles.